The number of hydrogen-bond acceptors (Lipinski definition) is 4. The molecule has 0 aromatic heterocycles. The van der Waals surface area contributed by atoms with Gasteiger partial charge in [0.05, 0.1) is 12.7 Å². The van der Waals surface area contributed by atoms with E-state index in [1.165, 1.54) is 7.11 Å². The van der Waals surface area contributed by atoms with Crippen LogP contribution in [-0.2, 0) is 11.2 Å². The maximum atomic E-state index is 13.2. The summed E-state index contributed by atoms with van der Waals surface area (Å²) in [6.07, 6.45) is 0.305. The first-order chi connectivity index (χ1) is 13.5. The van der Waals surface area contributed by atoms with E-state index in [2.05, 4.69) is 0 Å². The molecule has 2 saturated heterocycles. The SMILES string of the molecule is COc1ccc(Cl)cc1C(=O)N1CCN2C(=O)OCC2(Cc2ccccc2)C1. The van der Waals surface area contributed by atoms with Crippen LogP contribution >= 0.6 is 11.6 Å². The normalized spacial score (nSPS) is 21.3. The molecule has 0 radical (unpaired) electrons. The standard InChI is InChI=1S/C21H21ClN2O4/c1-27-18-8-7-16(22)11-17(18)19(25)23-9-10-24-20(26)28-14-21(24,13-23)12-15-5-3-2-4-6-15/h2-8,11H,9-10,12-14H2,1H3. The highest BCUT2D eigenvalue weighted by Gasteiger charge is 2.51. The Kier molecular flexibility index (Phi) is 4.89. The van der Waals surface area contributed by atoms with Gasteiger partial charge in [-0.2, -0.15) is 0 Å². The molecule has 1 unspecified atom stereocenters. The molecule has 2 aromatic rings. The Morgan fingerprint density at radius 2 is 2.00 bits per heavy atom. The van der Waals surface area contributed by atoms with Gasteiger partial charge in [-0.15, -0.1) is 0 Å². The van der Waals surface area contributed by atoms with E-state index in [0.717, 1.165) is 5.56 Å². The highest BCUT2D eigenvalue weighted by Crippen LogP contribution is 2.34. The largest absolute Gasteiger partial charge is 0.496 e. The van der Waals surface area contributed by atoms with Crippen LogP contribution in [0.3, 0.4) is 0 Å². The molecule has 0 N–H and O–H groups in total. The fraction of sp³-hybridized carbons (Fsp3) is 0.333. The van der Waals surface area contributed by atoms with E-state index in [1.54, 1.807) is 28.0 Å². The minimum Gasteiger partial charge on any atom is -0.496 e. The van der Waals surface area contributed by atoms with Crippen LogP contribution in [0.25, 0.3) is 0 Å². The molecular weight excluding hydrogens is 380 g/mol. The van der Waals surface area contributed by atoms with Gasteiger partial charge in [0, 0.05) is 31.1 Å². The van der Waals surface area contributed by atoms with Gasteiger partial charge in [0.25, 0.3) is 5.91 Å². The number of fused-ring (bicyclic) bond motifs is 1. The predicted molar refractivity (Wildman–Crippen MR) is 105 cm³/mol. The van der Waals surface area contributed by atoms with E-state index in [9.17, 15) is 9.59 Å². The monoisotopic (exact) mass is 400 g/mol. The van der Waals surface area contributed by atoms with Gasteiger partial charge in [0.2, 0.25) is 0 Å². The summed E-state index contributed by atoms with van der Waals surface area (Å²) in [5.41, 5.74) is 0.946. The molecule has 146 valence electrons. The van der Waals surface area contributed by atoms with Crippen molar-refractivity contribution in [2.45, 2.75) is 12.0 Å². The van der Waals surface area contributed by atoms with Gasteiger partial charge < -0.3 is 14.4 Å². The lowest BCUT2D eigenvalue weighted by atomic mass is 9.88. The van der Waals surface area contributed by atoms with Crippen LogP contribution < -0.4 is 4.74 Å². The molecule has 0 saturated carbocycles. The van der Waals surface area contributed by atoms with Crippen LogP contribution in [0.2, 0.25) is 5.02 Å². The second-order valence-electron chi connectivity index (χ2n) is 7.16. The van der Waals surface area contributed by atoms with Gasteiger partial charge in [0.15, 0.2) is 0 Å². The zero-order chi connectivity index (χ0) is 19.7. The van der Waals surface area contributed by atoms with Crippen LogP contribution in [0, 0.1) is 0 Å². The molecular formula is C21H21ClN2O4. The number of amides is 2. The highest BCUT2D eigenvalue weighted by atomic mass is 35.5. The Hall–Kier alpha value is -2.73. The third-order valence-electron chi connectivity index (χ3n) is 5.39. The van der Waals surface area contributed by atoms with Crippen molar-refractivity contribution in [3.63, 3.8) is 0 Å². The summed E-state index contributed by atoms with van der Waals surface area (Å²) >= 11 is 6.10. The van der Waals surface area contributed by atoms with Crippen LogP contribution in [0.5, 0.6) is 5.75 Å². The van der Waals surface area contributed by atoms with Gasteiger partial charge in [0.1, 0.15) is 17.9 Å². The molecule has 2 aliphatic rings. The molecule has 0 aliphatic carbocycles. The molecule has 0 bridgehead atoms. The molecule has 2 amide bonds. The van der Waals surface area contributed by atoms with Gasteiger partial charge in [-0.1, -0.05) is 41.9 Å². The first-order valence-corrected chi connectivity index (χ1v) is 9.51. The Balaban J connectivity index is 1.63. The van der Waals surface area contributed by atoms with Crippen LogP contribution in [0.1, 0.15) is 15.9 Å². The molecule has 0 spiro atoms. The summed E-state index contributed by atoms with van der Waals surface area (Å²) < 4.78 is 10.7. The molecule has 2 aliphatic heterocycles. The van der Waals surface area contributed by atoms with Crippen molar-refractivity contribution in [1.82, 2.24) is 9.80 Å². The van der Waals surface area contributed by atoms with E-state index in [4.69, 9.17) is 21.1 Å². The fourth-order valence-electron chi connectivity index (χ4n) is 4.03. The maximum Gasteiger partial charge on any atom is 0.410 e. The molecule has 2 fully saturated rings. The first kappa shape index (κ1) is 18.6. The second-order valence-corrected chi connectivity index (χ2v) is 7.60. The Bertz CT molecular complexity index is 905. The lowest BCUT2D eigenvalue weighted by Gasteiger charge is -2.44. The smallest absolute Gasteiger partial charge is 0.410 e. The first-order valence-electron chi connectivity index (χ1n) is 9.13. The lowest BCUT2D eigenvalue weighted by Crippen LogP contribution is -2.63. The average molecular weight is 401 g/mol. The summed E-state index contributed by atoms with van der Waals surface area (Å²) in [5, 5.41) is 0.473. The number of piperazine rings is 1. The third-order valence-corrected chi connectivity index (χ3v) is 5.63. The van der Waals surface area contributed by atoms with Gasteiger partial charge in [-0.25, -0.2) is 4.79 Å². The van der Waals surface area contributed by atoms with Crippen molar-refractivity contribution in [1.29, 1.82) is 0 Å². The predicted octanol–water partition coefficient (Wildman–Crippen LogP) is 3.24. The number of halogens is 1. The van der Waals surface area contributed by atoms with Crippen molar-refractivity contribution < 1.29 is 19.1 Å². The zero-order valence-electron chi connectivity index (χ0n) is 15.6. The molecule has 2 aromatic carbocycles. The van der Waals surface area contributed by atoms with E-state index < -0.39 is 5.54 Å². The van der Waals surface area contributed by atoms with Crippen molar-refractivity contribution >= 4 is 23.6 Å². The number of rotatable bonds is 4. The number of cyclic esters (lactones) is 1. The molecule has 7 heteroatoms. The number of hydrogen-bond donors (Lipinski definition) is 0. The average Bonchev–Trinajstić information content (AvgIpc) is 3.03. The molecule has 4 rings (SSSR count). The van der Waals surface area contributed by atoms with Crippen LogP contribution in [-0.4, -0.2) is 60.7 Å². The minimum atomic E-state index is -0.571. The number of nitrogens with zero attached hydrogens (tertiary/aromatic N) is 2. The minimum absolute atomic E-state index is 0.161. The number of carbonyl (C=O) groups is 2. The highest BCUT2D eigenvalue weighted by molar-refractivity contribution is 6.31. The van der Waals surface area contributed by atoms with Crippen molar-refractivity contribution in [3.05, 3.63) is 64.7 Å². The fourth-order valence-corrected chi connectivity index (χ4v) is 4.20. The Labute approximate surface area is 168 Å². The summed E-state index contributed by atoms with van der Waals surface area (Å²) in [4.78, 5) is 29.0. The number of methoxy groups -OCH3 is 1. The number of benzene rings is 2. The lowest BCUT2D eigenvalue weighted by molar-refractivity contribution is 0.0373. The van der Waals surface area contributed by atoms with E-state index >= 15 is 0 Å². The molecule has 28 heavy (non-hydrogen) atoms. The van der Waals surface area contributed by atoms with Gasteiger partial charge in [-0.3, -0.25) is 9.69 Å². The third kappa shape index (κ3) is 3.29. The summed E-state index contributed by atoms with van der Waals surface area (Å²) in [6, 6.07) is 14.9. The summed E-state index contributed by atoms with van der Waals surface area (Å²) in [7, 11) is 1.53. The summed E-state index contributed by atoms with van der Waals surface area (Å²) in [6.45, 7) is 1.51. The number of ether oxygens (including phenoxy) is 2. The Morgan fingerprint density at radius 1 is 1.21 bits per heavy atom. The van der Waals surface area contributed by atoms with E-state index in [0.29, 0.717) is 42.4 Å². The topological polar surface area (TPSA) is 59.1 Å². The van der Waals surface area contributed by atoms with Crippen molar-refractivity contribution in [2.24, 2.45) is 0 Å². The van der Waals surface area contributed by atoms with Crippen molar-refractivity contribution in [3.8, 4) is 5.75 Å². The van der Waals surface area contributed by atoms with E-state index in [1.807, 2.05) is 30.3 Å². The molecule has 6 nitrogen and oxygen atoms in total. The molecule has 2 heterocycles. The second kappa shape index (κ2) is 7.36. The van der Waals surface area contributed by atoms with E-state index in [-0.39, 0.29) is 18.6 Å². The maximum absolute atomic E-state index is 13.2. The van der Waals surface area contributed by atoms with Crippen LogP contribution in [0.15, 0.2) is 48.5 Å². The Morgan fingerprint density at radius 3 is 2.75 bits per heavy atom. The summed E-state index contributed by atoms with van der Waals surface area (Å²) in [5.74, 6) is 0.318. The van der Waals surface area contributed by atoms with Gasteiger partial charge in [-0.05, 0) is 23.8 Å². The number of carbonyl (C=O) groups excluding carboxylic acids is 2. The zero-order valence-corrected chi connectivity index (χ0v) is 16.3. The quantitative estimate of drug-likeness (QED) is 0.790. The molecule has 1 atom stereocenters. The van der Waals surface area contributed by atoms with Crippen LogP contribution in [0.4, 0.5) is 4.79 Å². The van der Waals surface area contributed by atoms with Crippen molar-refractivity contribution in [2.75, 3.05) is 33.4 Å². The van der Waals surface area contributed by atoms with Gasteiger partial charge >= 0.3 is 6.09 Å².